The number of nitrogens with zero attached hydrogens (tertiary/aromatic N) is 3. The second-order valence-electron chi connectivity index (χ2n) is 18.2. The number of H-pyrrole nitrogens is 3. The third-order valence-electron chi connectivity index (χ3n) is 13.5. The molecule has 4 aromatic heterocycles. The van der Waals surface area contributed by atoms with Gasteiger partial charge in [0, 0.05) is 97.1 Å². The van der Waals surface area contributed by atoms with Crippen molar-refractivity contribution >= 4 is 68.3 Å². The molecule has 0 radical (unpaired) electrons. The molecule has 4 aromatic rings. The van der Waals surface area contributed by atoms with Crippen molar-refractivity contribution in [2.45, 2.75) is 131 Å². The van der Waals surface area contributed by atoms with Gasteiger partial charge in [-0.15, -0.1) is 0 Å². The molecule has 0 spiro atoms. The highest BCUT2D eigenvalue weighted by atomic mass is 16.6. The van der Waals surface area contributed by atoms with E-state index in [0.717, 1.165) is 32.3 Å². The Bertz CT molecular complexity index is 3170. The minimum absolute atomic E-state index is 0.00873. The molecule has 70 heavy (non-hydrogen) atoms. The normalized spacial score (nSPS) is 19.8. The number of esters is 3. The summed E-state index contributed by atoms with van der Waals surface area (Å²) < 4.78 is 28.9. The summed E-state index contributed by atoms with van der Waals surface area (Å²) in [6.07, 6.45) is -1.96. The SMILES string of the molecule is C=C(c1cn([C@@H]2O[C@H](COC(C)=O)C(OC(C)=O)[C@H]2OC)c(=O)[nH]c1=O)c1c(C)c2cc3nc(c(CC(C)=O)c4nc(cc5[nH]c(cc1[nH]2)c(C)c5CC)C(C)=C4CC(C)=O)[C@@H](CCC(=O)OC)[C@@H]3C. The van der Waals surface area contributed by atoms with Crippen LogP contribution >= 0.6 is 0 Å². The number of rotatable bonds is 15. The van der Waals surface area contributed by atoms with Gasteiger partial charge < -0.3 is 33.7 Å². The van der Waals surface area contributed by atoms with Crippen molar-refractivity contribution in [2.75, 3.05) is 20.8 Å². The van der Waals surface area contributed by atoms with E-state index in [9.17, 15) is 33.6 Å². The number of aryl methyl sites for hydroxylation is 3. The summed E-state index contributed by atoms with van der Waals surface area (Å²) >= 11 is 0. The Morgan fingerprint density at radius 2 is 1.51 bits per heavy atom. The molecule has 18 heteroatoms. The van der Waals surface area contributed by atoms with Gasteiger partial charge in [-0.05, 0) is 99.1 Å². The predicted molar refractivity (Wildman–Crippen MR) is 261 cm³/mol. The molecular weight excluding hydrogens is 901 g/mol. The second-order valence-corrected chi connectivity index (χ2v) is 18.2. The first kappa shape index (κ1) is 50.8. The fraction of sp³-hybridized carbons (Fsp3) is 0.442. The summed E-state index contributed by atoms with van der Waals surface area (Å²) in [7, 11) is 2.69. The standard InChI is InChI=1S/C52H60N6O12/c1-13-32-25(4)37-20-42-45(28(7)36-21-58(52(65)57-50(36)64)51-49(67-12)48(69-31(10)62)43(70-51)22-68-30(9)61)29(8)40(54-42)18-38-26(5)33(14-15-44(63)66-11)46(55-38)35(17-24(3)60)47-34(16-23(2)59)27(6)39(56-47)19-41(32)53-37/h18-21,26,33,43,48-49,51,53-54H,7,13-17,22H2,1-6,8-12H3,(H,57,64,65)/t26-,33-,43+,48?,49+,51+/m0/s1. The Labute approximate surface area is 403 Å². The average molecular weight is 961 g/mol. The lowest BCUT2D eigenvalue weighted by molar-refractivity contribution is -0.158. The quantitative estimate of drug-likeness (QED) is 0.0830. The highest BCUT2D eigenvalue weighted by Gasteiger charge is 2.49. The number of methoxy groups -OCH3 is 2. The Balaban J connectivity index is 1.52. The van der Waals surface area contributed by atoms with Crippen LogP contribution in [0.3, 0.4) is 0 Å². The number of hydrogen-bond acceptors (Lipinski definition) is 14. The molecule has 3 aliphatic heterocycles. The Morgan fingerprint density at radius 3 is 2.14 bits per heavy atom. The van der Waals surface area contributed by atoms with Crippen LogP contribution < -0.4 is 11.2 Å². The van der Waals surface area contributed by atoms with Gasteiger partial charge in [0.2, 0.25) is 0 Å². The van der Waals surface area contributed by atoms with E-state index in [1.165, 1.54) is 48.1 Å². The molecule has 1 fully saturated rings. The van der Waals surface area contributed by atoms with Crippen molar-refractivity contribution in [3.8, 4) is 0 Å². The fourth-order valence-electron chi connectivity index (χ4n) is 9.97. The smallest absolute Gasteiger partial charge is 0.330 e. The summed E-state index contributed by atoms with van der Waals surface area (Å²) in [6, 6.07) is 5.80. The topological polar surface area (TPSA) is 244 Å². The van der Waals surface area contributed by atoms with Gasteiger partial charge in [0.15, 0.2) is 12.3 Å². The van der Waals surface area contributed by atoms with Crippen molar-refractivity contribution in [3.63, 3.8) is 0 Å². The van der Waals surface area contributed by atoms with Gasteiger partial charge in [-0.2, -0.15) is 0 Å². The maximum atomic E-state index is 14.0. The Morgan fingerprint density at radius 1 is 0.829 bits per heavy atom. The van der Waals surface area contributed by atoms with Gasteiger partial charge in [0.05, 0.1) is 29.8 Å². The van der Waals surface area contributed by atoms with Crippen LogP contribution in [0.4, 0.5) is 0 Å². The van der Waals surface area contributed by atoms with Gasteiger partial charge in [-0.1, -0.05) is 20.4 Å². The lowest BCUT2D eigenvalue weighted by atomic mass is 9.84. The fourth-order valence-corrected chi connectivity index (χ4v) is 9.97. The molecule has 7 rings (SSSR count). The van der Waals surface area contributed by atoms with Crippen molar-refractivity contribution in [1.82, 2.24) is 29.5 Å². The number of ether oxygens (including phenoxy) is 5. The zero-order valence-electron chi connectivity index (χ0n) is 41.5. The molecule has 0 saturated carbocycles. The Kier molecular flexibility index (Phi) is 14.9. The van der Waals surface area contributed by atoms with Crippen LogP contribution in [-0.2, 0) is 60.5 Å². The number of carbonyl (C=O) groups is 5. The lowest BCUT2D eigenvalue weighted by Crippen LogP contribution is -2.41. The zero-order chi connectivity index (χ0) is 51.0. The van der Waals surface area contributed by atoms with Gasteiger partial charge in [0.1, 0.15) is 30.4 Å². The van der Waals surface area contributed by atoms with Crippen LogP contribution in [-0.4, -0.2) is 98.1 Å². The van der Waals surface area contributed by atoms with E-state index in [1.807, 2.05) is 52.8 Å². The minimum atomic E-state index is -1.25. The molecule has 3 N–H and O–H groups in total. The minimum Gasteiger partial charge on any atom is -0.469 e. The van der Waals surface area contributed by atoms with E-state index in [0.29, 0.717) is 68.9 Å². The van der Waals surface area contributed by atoms with Crippen LogP contribution in [0, 0.1) is 13.8 Å². The summed E-state index contributed by atoms with van der Waals surface area (Å²) in [5.74, 6) is -2.49. The predicted octanol–water partition coefficient (Wildman–Crippen LogP) is 6.69. The molecule has 1 saturated heterocycles. The van der Waals surface area contributed by atoms with E-state index in [4.69, 9.17) is 33.7 Å². The van der Waals surface area contributed by atoms with Gasteiger partial charge in [-0.3, -0.25) is 43.3 Å². The molecule has 6 atom stereocenters. The molecule has 18 nitrogen and oxygen atoms in total. The van der Waals surface area contributed by atoms with Crippen molar-refractivity contribution in [1.29, 1.82) is 0 Å². The third-order valence-corrected chi connectivity index (χ3v) is 13.5. The molecule has 370 valence electrons. The third kappa shape index (κ3) is 9.87. The first-order valence-corrected chi connectivity index (χ1v) is 23.2. The number of allylic oxidation sites excluding steroid dienone is 2. The van der Waals surface area contributed by atoms with Crippen LogP contribution in [0.2, 0.25) is 0 Å². The van der Waals surface area contributed by atoms with Gasteiger partial charge in [0.25, 0.3) is 5.56 Å². The molecule has 0 amide bonds. The molecule has 8 bridgehead atoms. The van der Waals surface area contributed by atoms with E-state index < -0.39 is 53.7 Å². The number of Topliss-reactive ketones (excluding diaryl/α,β-unsaturated/α-hetero) is 2. The zero-order valence-corrected chi connectivity index (χ0v) is 41.5. The maximum Gasteiger partial charge on any atom is 0.330 e. The first-order chi connectivity index (χ1) is 33.2. The van der Waals surface area contributed by atoms with Crippen molar-refractivity contribution in [2.24, 2.45) is 0 Å². The number of hydrogen-bond donors (Lipinski definition) is 3. The number of aromatic nitrogens is 6. The molecule has 3 aliphatic rings. The number of nitrogens with one attached hydrogen (secondary N) is 3. The van der Waals surface area contributed by atoms with E-state index in [-0.39, 0.29) is 60.4 Å². The van der Waals surface area contributed by atoms with Crippen molar-refractivity contribution in [3.05, 3.63) is 108 Å². The summed E-state index contributed by atoms with van der Waals surface area (Å²) in [5.41, 5.74) is 9.03. The molecule has 0 aliphatic carbocycles. The molecule has 0 aromatic carbocycles. The number of ketones is 2. The maximum absolute atomic E-state index is 14.0. The van der Waals surface area contributed by atoms with Gasteiger partial charge >= 0.3 is 23.6 Å². The Hall–Kier alpha value is -7.05. The van der Waals surface area contributed by atoms with Crippen LogP contribution in [0.25, 0.3) is 38.8 Å². The first-order valence-electron chi connectivity index (χ1n) is 23.2. The summed E-state index contributed by atoms with van der Waals surface area (Å²) in [4.78, 5) is 111. The number of aromatic amines is 3. The number of fused-ring (bicyclic) bond motifs is 8. The monoisotopic (exact) mass is 960 g/mol. The number of carbonyl (C=O) groups excluding carboxylic acids is 5. The van der Waals surface area contributed by atoms with Crippen LogP contribution in [0.1, 0.15) is 142 Å². The van der Waals surface area contributed by atoms with E-state index >= 15 is 0 Å². The average Bonchev–Trinajstić information content (AvgIpc) is 4.05. The van der Waals surface area contributed by atoms with Gasteiger partial charge in [-0.25, -0.2) is 9.78 Å². The molecule has 1 unspecified atom stereocenters. The van der Waals surface area contributed by atoms with E-state index in [1.54, 1.807) is 0 Å². The summed E-state index contributed by atoms with van der Waals surface area (Å²) in [5, 5.41) is 0. The van der Waals surface area contributed by atoms with Crippen LogP contribution in [0.5, 0.6) is 0 Å². The second kappa shape index (κ2) is 20.5. The van der Waals surface area contributed by atoms with Crippen molar-refractivity contribution < 1.29 is 47.7 Å². The highest BCUT2D eigenvalue weighted by Crippen LogP contribution is 2.45. The summed E-state index contributed by atoms with van der Waals surface area (Å²) in [6.45, 7) is 19.5. The molecule has 7 heterocycles. The van der Waals surface area contributed by atoms with Crippen LogP contribution in [0.15, 0.2) is 40.6 Å². The highest BCUT2D eigenvalue weighted by molar-refractivity contribution is 6.01. The van der Waals surface area contributed by atoms with E-state index in [2.05, 4.69) is 21.5 Å². The largest absolute Gasteiger partial charge is 0.469 e. The lowest BCUT2D eigenvalue weighted by Gasteiger charge is -2.23. The molecular formula is C52H60N6O12.